The lowest BCUT2D eigenvalue weighted by Gasteiger charge is -2.31. The summed E-state index contributed by atoms with van der Waals surface area (Å²) < 4.78 is 45.6. The Morgan fingerprint density at radius 3 is 2.52 bits per heavy atom. The zero-order valence-electron chi connectivity index (χ0n) is 14.0. The second-order valence-corrected chi connectivity index (χ2v) is 8.34. The van der Waals surface area contributed by atoms with E-state index in [9.17, 15) is 12.8 Å². The highest BCUT2D eigenvalue weighted by molar-refractivity contribution is 7.88. The third-order valence-corrected chi connectivity index (χ3v) is 6.18. The Hall–Kier alpha value is -1.92. The Balaban J connectivity index is 1.58. The van der Waals surface area contributed by atoms with Crippen molar-refractivity contribution in [1.82, 2.24) is 4.31 Å². The summed E-state index contributed by atoms with van der Waals surface area (Å²) in [6.07, 6.45) is 1.78. The van der Waals surface area contributed by atoms with E-state index in [1.807, 2.05) is 30.3 Å². The molecule has 25 heavy (non-hydrogen) atoms. The van der Waals surface area contributed by atoms with Crippen molar-refractivity contribution in [3.63, 3.8) is 0 Å². The van der Waals surface area contributed by atoms with Crippen LogP contribution in [0.15, 0.2) is 54.6 Å². The van der Waals surface area contributed by atoms with Gasteiger partial charge in [-0.3, -0.25) is 0 Å². The summed E-state index contributed by atoms with van der Waals surface area (Å²) in [6.45, 7) is 1.51. The van der Waals surface area contributed by atoms with Crippen LogP contribution in [0.25, 0.3) is 0 Å². The number of para-hydroxylation sites is 1. The number of hydrogen-bond donors (Lipinski definition) is 0. The summed E-state index contributed by atoms with van der Waals surface area (Å²) in [5.74, 6) is 0.516. The van der Waals surface area contributed by atoms with Gasteiger partial charge in [0.25, 0.3) is 0 Å². The van der Waals surface area contributed by atoms with Crippen LogP contribution < -0.4 is 4.74 Å². The van der Waals surface area contributed by atoms with Crippen LogP contribution in [0, 0.1) is 11.7 Å². The summed E-state index contributed by atoms with van der Waals surface area (Å²) >= 11 is 0. The molecule has 0 N–H and O–H groups in total. The van der Waals surface area contributed by atoms with E-state index < -0.39 is 10.0 Å². The zero-order chi connectivity index (χ0) is 17.7. The smallest absolute Gasteiger partial charge is 0.218 e. The maximum atomic E-state index is 13.0. The molecule has 134 valence electrons. The van der Waals surface area contributed by atoms with E-state index in [4.69, 9.17) is 4.74 Å². The predicted molar refractivity (Wildman–Crippen MR) is 95.3 cm³/mol. The van der Waals surface area contributed by atoms with Crippen molar-refractivity contribution >= 4 is 10.0 Å². The molecule has 0 radical (unpaired) electrons. The molecule has 6 heteroatoms. The minimum absolute atomic E-state index is 0.0977. The molecule has 2 aromatic carbocycles. The molecule has 2 aromatic rings. The number of nitrogens with zero attached hydrogens (tertiary/aromatic N) is 1. The van der Waals surface area contributed by atoms with Gasteiger partial charge in [0.05, 0.1) is 12.4 Å². The van der Waals surface area contributed by atoms with Crippen LogP contribution in [0.3, 0.4) is 0 Å². The average Bonchev–Trinajstić information content (AvgIpc) is 2.63. The third kappa shape index (κ3) is 5.03. The number of ether oxygens (including phenoxy) is 1. The van der Waals surface area contributed by atoms with Crippen LogP contribution >= 0.6 is 0 Å². The van der Waals surface area contributed by atoms with Crippen LogP contribution in [0.1, 0.15) is 18.4 Å². The molecular weight excluding hydrogens is 341 g/mol. The summed E-state index contributed by atoms with van der Waals surface area (Å²) in [6, 6.07) is 15.2. The quantitative estimate of drug-likeness (QED) is 0.790. The molecule has 0 saturated carbocycles. The van der Waals surface area contributed by atoms with Gasteiger partial charge < -0.3 is 4.74 Å². The largest absolute Gasteiger partial charge is 0.493 e. The molecule has 1 aliphatic rings. The Kier molecular flexibility index (Phi) is 5.71. The van der Waals surface area contributed by atoms with Crippen LogP contribution in [0.2, 0.25) is 0 Å². The molecule has 0 bridgehead atoms. The molecule has 1 fully saturated rings. The summed E-state index contributed by atoms with van der Waals surface area (Å²) in [5, 5.41) is 0. The van der Waals surface area contributed by atoms with Gasteiger partial charge in [-0.2, -0.15) is 0 Å². The Morgan fingerprint density at radius 1 is 1.08 bits per heavy atom. The van der Waals surface area contributed by atoms with Crippen molar-refractivity contribution in [2.24, 2.45) is 5.92 Å². The highest BCUT2D eigenvalue weighted by Crippen LogP contribution is 2.22. The Morgan fingerprint density at radius 2 is 1.80 bits per heavy atom. The molecule has 3 rings (SSSR count). The van der Waals surface area contributed by atoms with E-state index in [2.05, 4.69) is 0 Å². The van der Waals surface area contributed by atoms with Crippen LogP contribution in [-0.4, -0.2) is 32.4 Å². The van der Waals surface area contributed by atoms with E-state index >= 15 is 0 Å². The maximum Gasteiger partial charge on any atom is 0.218 e. The SMILES string of the molecule is O=S(=O)(Cc1ccc(F)cc1)N1CCCC(COc2ccccc2)C1. The van der Waals surface area contributed by atoms with Crippen molar-refractivity contribution in [3.8, 4) is 5.75 Å². The van der Waals surface area contributed by atoms with Gasteiger partial charge in [-0.15, -0.1) is 0 Å². The molecule has 1 atom stereocenters. The van der Waals surface area contributed by atoms with E-state index in [0.29, 0.717) is 25.3 Å². The van der Waals surface area contributed by atoms with Gasteiger partial charge in [0.2, 0.25) is 10.0 Å². The van der Waals surface area contributed by atoms with E-state index in [1.165, 1.54) is 24.3 Å². The highest BCUT2D eigenvalue weighted by Gasteiger charge is 2.29. The summed E-state index contributed by atoms with van der Waals surface area (Å²) in [5.41, 5.74) is 0.601. The topological polar surface area (TPSA) is 46.6 Å². The van der Waals surface area contributed by atoms with E-state index in [-0.39, 0.29) is 17.5 Å². The number of benzene rings is 2. The Labute approximate surface area is 148 Å². The predicted octanol–water partition coefficient (Wildman–Crippen LogP) is 3.45. The highest BCUT2D eigenvalue weighted by atomic mass is 32.2. The second kappa shape index (κ2) is 7.97. The van der Waals surface area contributed by atoms with Crippen molar-refractivity contribution in [2.75, 3.05) is 19.7 Å². The monoisotopic (exact) mass is 363 g/mol. The van der Waals surface area contributed by atoms with Gasteiger partial charge in [0.1, 0.15) is 11.6 Å². The number of piperidine rings is 1. The van der Waals surface area contributed by atoms with Gasteiger partial charge in [-0.1, -0.05) is 30.3 Å². The van der Waals surface area contributed by atoms with Gasteiger partial charge >= 0.3 is 0 Å². The number of sulfonamides is 1. The zero-order valence-corrected chi connectivity index (χ0v) is 14.8. The summed E-state index contributed by atoms with van der Waals surface area (Å²) in [4.78, 5) is 0. The van der Waals surface area contributed by atoms with Crippen molar-refractivity contribution in [1.29, 1.82) is 0 Å². The van der Waals surface area contributed by atoms with E-state index in [0.717, 1.165) is 18.6 Å². The van der Waals surface area contributed by atoms with Crippen molar-refractivity contribution < 1.29 is 17.5 Å². The fourth-order valence-corrected chi connectivity index (χ4v) is 4.67. The normalized spacial score (nSPS) is 18.8. The van der Waals surface area contributed by atoms with Crippen LogP contribution in [0.5, 0.6) is 5.75 Å². The second-order valence-electron chi connectivity index (χ2n) is 6.37. The fraction of sp³-hybridized carbons (Fsp3) is 0.368. The lowest BCUT2D eigenvalue weighted by Crippen LogP contribution is -2.42. The first-order valence-corrected chi connectivity index (χ1v) is 10.0. The number of halogens is 1. The molecule has 1 unspecified atom stereocenters. The molecule has 0 aliphatic carbocycles. The van der Waals surface area contributed by atoms with Gasteiger partial charge in [-0.05, 0) is 42.7 Å². The number of rotatable bonds is 6. The standard InChI is InChI=1S/C19H22FNO3S/c20-18-10-8-16(9-11-18)15-25(22,23)21-12-4-5-17(13-21)14-24-19-6-2-1-3-7-19/h1-3,6-11,17H,4-5,12-15H2. The lowest BCUT2D eigenvalue weighted by atomic mass is 10.0. The first-order valence-electron chi connectivity index (χ1n) is 8.43. The van der Waals surface area contributed by atoms with E-state index in [1.54, 1.807) is 4.31 Å². The number of hydrogen-bond acceptors (Lipinski definition) is 3. The van der Waals surface area contributed by atoms with Gasteiger partial charge in [0, 0.05) is 19.0 Å². The van der Waals surface area contributed by atoms with Crippen molar-refractivity contribution in [3.05, 3.63) is 66.0 Å². The molecule has 1 heterocycles. The molecular formula is C19H22FNO3S. The maximum absolute atomic E-state index is 13.0. The fourth-order valence-electron chi connectivity index (χ4n) is 3.03. The van der Waals surface area contributed by atoms with Gasteiger partial charge in [0.15, 0.2) is 0 Å². The molecule has 4 nitrogen and oxygen atoms in total. The molecule has 0 amide bonds. The average molecular weight is 363 g/mol. The molecule has 1 aliphatic heterocycles. The molecule has 0 aromatic heterocycles. The minimum atomic E-state index is -3.41. The first kappa shape index (κ1) is 17.9. The van der Waals surface area contributed by atoms with Crippen LogP contribution in [0.4, 0.5) is 4.39 Å². The third-order valence-electron chi connectivity index (χ3n) is 4.37. The lowest BCUT2D eigenvalue weighted by molar-refractivity contribution is 0.180. The van der Waals surface area contributed by atoms with Crippen LogP contribution in [-0.2, 0) is 15.8 Å². The van der Waals surface area contributed by atoms with Crippen molar-refractivity contribution in [2.45, 2.75) is 18.6 Å². The Bertz CT molecular complexity index is 778. The minimum Gasteiger partial charge on any atom is -0.493 e. The molecule has 0 spiro atoms. The molecule has 1 saturated heterocycles. The van der Waals surface area contributed by atoms with Gasteiger partial charge in [-0.25, -0.2) is 17.1 Å². The first-order chi connectivity index (χ1) is 12.0. The summed E-state index contributed by atoms with van der Waals surface area (Å²) in [7, 11) is -3.41.